The van der Waals surface area contributed by atoms with Crippen LogP contribution in [0.1, 0.15) is 29.8 Å². The van der Waals surface area contributed by atoms with E-state index in [9.17, 15) is 9.59 Å². The van der Waals surface area contributed by atoms with E-state index in [-0.39, 0.29) is 23.7 Å². The van der Waals surface area contributed by atoms with Gasteiger partial charge in [0.25, 0.3) is 5.91 Å². The quantitative estimate of drug-likeness (QED) is 0.834. The van der Waals surface area contributed by atoms with E-state index in [1.807, 2.05) is 26.0 Å². The van der Waals surface area contributed by atoms with Crippen LogP contribution < -0.4 is 14.8 Å². The predicted octanol–water partition coefficient (Wildman–Crippen LogP) is 3.20. The Morgan fingerprint density at radius 1 is 1.15 bits per heavy atom. The first-order chi connectivity index (χ1) is 12.4. The molecule has 1 N–H and O–H groups in total. The first kappa shape index (κ1) is 17.8. The number of benzene rings is 2. The largest absolute Gasteiger partial charge is 0.483 e. The maximum Gasteiger partial charge on any atom is 0.339 e. The van der Waals surface area contributed by atoms with Crippen molar-refractivity contribution in [1.29, 1.82) is 0 Å². The zero-order valence-corrected chi connectivity index (χ0v) is 15.0. The number of carbonyl (C=O) groups is 2. The smallest absolute Gasteiger partial charge is 0.339 e. The molecule has 0 aromatic heterocycles. The molecule has 0 atom stereocenters. The first-order valence-corrected chi connectivity index (χ1v) is 8.30. The molecule has 26 heavy (non-hydrogen) atoms. The Balaban J connectivity index is 1.67. The molecule has 1 amide bonds. The van der Waals surface area contributed by atoms with Crippen LogP contribution in [-0.2, 0) is 16.0 Å². The van der Waals surface area contributed by atoms with Crippen LogP contribution in [0.4, 0.5) is 5.69 Å². The van der Waals surface area contributed by atoms with Crippen molar-refractivity contribution in [2.24, 2.45) is 0 Å². The maximum atomic E-state index is 12.2. The van der Waals surface area contributed by atoms with Gasteiger partial charge >= 0.3 is 5.97 Å². The lowest BCUT2D eigenvalue weighted by Crippen LogP contribution is -2.25. The summed E-state index contributed by atoms with van der Waals surface area (Å²) in [6, 6.07) is 12.3. The van der Waals surface area contributed by atoms with Gasteiger partial charge in [0, 0.05) is 12.0 Å². The number of amides is 1. The Hall–Kier alpha value is -3.02. The lowest BCUT2D eigenvalue weighted by Gasteiger charge is -2.18. The Bertz CT molecular complexity index is 844. The van der Waals surface area contributed by atoms with E-state index in [0.717, 1.165) is 12.0 Å². The number of anilines is 1. The summed E-state index contributed by atoms with van der Waals surface area (Å²) in [6.45, 7) is 3.82. The molecule has 0 fully saturated rings. The van der Waals surface area contributed by atoms with Gasteiger partial charge in [0.15, 0.2) is 18.1 Å². The molecule has 0 saturated heterocycles. The molecule has 0 spiro atoms. The molecule has 0 bridgehead atoms. The lowest BCUT2D eigenvalue weighted by atomic mass is 10.0. The summed E-state index contributed by atoms with van der Waals surface area (Å²) in [7, 11) is 1.29. The fourth-order valence-electron chi connectivity index (χ4n) is 2.91. The van der Waals surface area contributed by atoms with Crippen LogP contribution in [0, 0.1) is 0 Å². The molecule has 0 aliphatic carbocycles. The molecule has 1 aliphatic heterocycles. The molecule has 6 nitrogen and oxygen atoms in total. The third-order valence-electron chi connectivity index (χ3n) is 4.02. The molecular formula is C20H21NO5. The molecule has 1 aliphatic rings. The van der Waals surface area contributed by atoms with Gasteiger partial charge in [0.1, 0.15) is 5.60 Å². The second-order valence-corrected chi connectivity index (χ2v) is 6.66. The fourth-order valence-corrected chi connectivity index (χ4v) is 2.91. The standard InChI is InChI=1S/C20H21NO5/c1-20(2)11-13-7-6-10-16(18(13)26-20)25-12-17(22)21-15-9-5-4-8-14(15)19(23)24-3/h4-10H,11-12H2,1-3H3,(H,21,22). The minimum Gasteiger partial charge on any atom is -0.483 e. The second-order valence-electron chi connectivity index (χ2n) is 6.66. The third-order valence-corrected chi connectivity index (χ3v) is 4.02. The highest BCUT2D eigenvalue weighted by Gasteiger charge is 2.32. The summed E-state index contributed by atoms with van der Waals surface area (Å²) < 4.78 is 16.3. The number of hydrogen-bond donors (Lipinski definition) is 1. The van der Waals surface area contributed by atoms with E-state index >= 15 is 0 Å². The van der Waals surface area contributed by atoms with Crippen LogP contribution in [0.15, 0.2) is 42.5 Å². The van der Waals surface area contributed by atoms with E-state index in [1.165, 1.54) is 7.11 Å². The molecule has 2 aromatic rings. The highest BCUT2D eigenvalue weighted by atomic mass is 16.5. The number of rotatable bonds is 5. The minimum absolute atomic E-state index is 0.199. The zero-order chi connectivity index (χ0) is 18.7. The number of carbonyl (C=O) groups excluding carboxylic acids is 2. The summed E-state index contributed by atoms with van der Waals surface area (Å²) in [6.07, 6.45) is 0.790. The Kier molecular flexibility index (Phi) is 4.84. The molecule has 0 radical (unpaired) electrons. The third kappa shape index (κ3) is 3.79. The van der Waals surface area contributed by atoms with E-state index in [2.05, 4.69) is 5.32 Å². The van der Waals surface area contributed by atoms with Gasteiger partial charge in [-0.05, 0) is 32.0 Å². The van der Waals surface area contributed by atoms with Crippen LogP contribution in [0.25, 0.3) is 0 Å². The van der Waals surface area contributed by atoms with Gasteiger partial charge in [-0.25, -0.2) is 4.79 Å². The highest BCUT2D eigenvalue weighted by molar-refractivity contribution is 6.01. The summed E-state index contributed by atoms with van der Waals surface area (Å²) in [4.78, 5) is 24.0. The van der Waals surface area contributed by atoms with Crippen molar-refractivity contribution in [2.75, 3.05) is 19.0 Å². The number of methoxy groups -OCH3 is 1. The van der Waals surface area contributed by atoms with Crippen LogP contribution in [0.3, 0.4) is 0 Å². The lowest BCUT2D eigenvalue weighted by molar-refractivity contribution is -0.118. The van der Waals surface area contributed by atoms with Gasteiger partial charge in [-0.3, -0.25) is 4.79 Å². The van der Waals surface area contributed by atoms with Gasteiger partial charge in [-0.2, -0.15) is 0 Å². The molecule has 6 heteroatoms. The van der Waals surface area contributed by atoms with Crippen LogP contribution in [0.5, 0.6) is 11.5 Å². The fraction of sp³-hybridized carbons (Fsp3) is 0.300. The Labute approximate surface area is 152 Å². The van der Waals surface area contributed by atoms with Gasteiger partial charge in [-0.15, -0.1) is 0 Å². The van der Waals surface area contributed by atoms with E-state index < -0.39 is 5.97 Å². The summed E-state index contributed by atoms with van der Waals surface area (Å²) in [5.41, 5.74) is 1.44. The summed E-state index contributed by atoms with van der Waals surface area (Å²) >= 11 is 0. The van der Waals surface area contributed by atoms with Crippen molar-refractivity contribution in [1.82, 2.24) is 0 Å². The molecule has 3 rings (SSSR count). The minimum atomic E-state index is -0.515. The second kappa shape index (κ2) is 7.07. The molecule has 1 heterocycles. The van der Waals surface area contributed by atoms with Crippen molar-refractivity contribution < 1.29 is 23.8 Å². The molecule has 2 aromatic carbocycles. The number of ether oxygens (including phenoxy) is 3. The SMILES string of the molecule is COC(=O)c1ccccc1NC(=O)COc1cccc2c1OC(C)(C)C2. The average molecular weight is 355 g/mol. The zero-order valence-electron chi connectivity index (χ0n) is 15.0. The number of hydrogen-bond acceptors (Lipinski definition) is 5. The van der Waals surface area contributed by atoms with Gasteiger partial charge in [0.05, 0.1) is 18.4 Å². The number of fused-ring (bicyclic) bond motifs is 1. The average Bonchev–Trinajstić information content (AvgIpc) is 2.94. The summed E-state index contributed by atoms with van der Waals surface area (Å²) in [5.74, 6) is 0.319. The Morgan fingerprint density at radius 3 is 2.69 bits per heavy atom. The van der Waals surface area contributed by atoms with Gasteiger partial charge < -0.3 is 19.5 Å². The van der Waals surface area contributed by atoms with E-state index in [4.69, 9.17) is 14.2 Å². The Morgan fingerprint density at radius 2 is 1.92 bits per heavy atom. The number of nitrogens with one attached hydrogen (secondary N) is 1. The van der Waals surface area contributed by atoms with Crippen molar-refractivity contribution >= 4 is 17.6 Å². The maximum absolute atomic E-state index is 12.2. The molecular weight excluding hydrogens is 334 g/mol. The highest BCUT2D eigenvalue weighted by Crippen LogP contribution is 2.41. The normalized spacial score (nSPS) is 14.1. The van der Waals surface area contributed by atoms with Gasteiger partial charge in [-0.1, -0.05) is 24.3 Å². The van der Waals surface area contributed by atoms with Crippen molar-refractivity contribution in [3.05, 3.63) is 53.6 Å². The monoisotopic (exact) mass is 355 g/mol. The van der Waals surface area contributed by atoms with Crippen LogP contribution >= 0.6 is 0 Å². The van der Waals surface area contributed by atoms with Crippen molar-refractivity contribution in [3.63, 3.8) is 0 Å². The predicted molar refractivity (Wildman–Crippen MR) is 96.8 cm³/mol. The van der Waals surface area contributed by atoms with E-state index in [1.54, 1.807) is 30.3 Å². The van der Waals surface area contributed by atoms with Crippen molar-refractivity contribution in [3.8, 4) is 11.5 Å². The molecule has 0 saturated carbocycles. The van der Waals surface area contributed by atoms with E-state index in [0.29, 0.717) is 17.2 Å². The number of esters is 1. The number of para-hydroxylation sites is 2. The molecule has 0 unspecified atom stereocenters. The summed E-state index contributed by atoms with van der Waals surface area (Å²) in [5, 5.41) is 2.67. The van der Waals surface area contributed by atoms with Gasteiger partial charge in [0.2, 0.25) is 0 Å². The molecule has 136 valence electrons. The topological polar surface area (TPSA) is 73.9 Å². The van der Waals surface area contributed by atoms with Crippen LogP contribution in [-0.4, -0.2) is 31.2 Å². The van der Waals surface area contributed by atoms with Crippen molar-refractivity contribution in [2.45, 2.75) is 25.9 Å². The van der Waals surface area contributed by atoms with Crippen LogP contribution in [0.2, 0.25) is 0 Å². The first-order valence-electron chi connectivity index (χ1n) is 8.30.